The summed E-state index contributed by atoms with van der Waals surface area (Å²) in [4.78, 5) is 24.0. The van der Waals surface area contributed by atoms with E-state index in [1.165, 1.54) is 4.90 Å². The summed E-state index contributed by atoms with van der Waals surface area (Å²) in [5.41, 5.74) is 0.706. The normalized spacial score (nSPS) is 18.6. The minimum absolute atomic E-state index is 0.172. The maximum Gasteiger partial charge on any atom is 0.414 e. The molecule has 1 aromatic carbocycles. The van der Waals surface area contributed by atoms with E-state index in [0.717, 1.165) is 0 Å². The molecule has 1 heterocycles. The highest BCUT2D eigenvalue weighted by atomic mass is 16.6. The molecule has 0 bridgehead atoms. The zero-order valence-electron chi connectivity index (χ0n) is 10.1. The van der Waals surface area contributed by atoms with Gasteiger partial charge in [-0.05, 0) is 12.1 Å². The number of rotatable bonds is 3. The summed E-state index contributed by atoms with van der Waals surface area (Å²) < 4.78 is 4.94. The first-order valence-electron chi connectivity index (χ1n) is 5.80. The number of benzene rings is 1. The van der Waals surface area contributed by atoms with Gasteiger partial charge in [-0.25, -0.2) is 4.79 Å². The van der Waals surface area contributed by atoms with Crippen LogP contribution in [0.1, 0.15) is 18.4 Å². The molecule has 1 saturated heterocycles. The number of ether oxygens (including phenoxy) is 1. The van der Waals surface area contributed by atoms with Crippen molar-refractivity contribution in [3.8, 4) is 6.07 Å². The molecule has 2 rings (SSSR count). The molecular formula is C13H12N2O4. The van der Waals surface area contributed by atoms with Crippen LogP contribution in [0.2, 0.25) is 0 Å². The first-order valence-corrected chi connectivity index (χ1v) is 5.80. The summed E-state index contributed by atoms with van der Waals surface area (Å²) in [7, 11) is 0. The fraction of sp³-hybridized carbons (Fsp3) is 0.308. The van der Waals surface area contributed by atoms with E-state index in [1.54, 1.807) is 24.3 Å². The fourth-order valence-corrected chi connectivity index (χ4v) is 2.10. The highest BCUT2D eigenvalue weighted by Gasteiger charge is 2.33. The zero-order valence-corrected chi connectivity index (χ0v) is 10.1. The first-order chi connectivity index (χ1) is 9.13. The average molecular weight is 260 g/mol. The van der Waals surface area contributed by atoms with Gasteiger partial charge in [0.05, 0.1) is 30.3 Å². The van der Waals surface area contributed by atoms with E-state index in [9.17, 15) is 9.59 Å². The molecule has 0 aromatic heterocycles. The third kappa shape index (κ3) is 2.65. The molecule has 0 radical (unpaired) electrons. The molecule has 98 valence electrons. The number of cyclic esters (lactones) is 1. The summed E-state index contributed by atoms with van der Waals surface area (Å²) in [6, 6.07) is 8.06. The minimum atomic E-state index is -0.987. The molecule has 0 aliphatic carbocycles. The Labute approximate surface area is 109 Å². The van der Waals surface area contributed by atoms with Crippen molar-refractivity contribution in [1.29, 1.82) is 5.26 Å². The molecular weight excluding hydrogens is 248 g/mol. The van der Waals surface area contributed by atoms with Crippen molar-refractivity contribution in [3.05, 3.63) is 29.8 Å². The summed E-state index contributed by atoms with van der Waals surface area (Å²) in [5.74, 6) is -0.987. The Bertz CT molecular complexity index is 550. The van der Waals surface area contributed by atoms with Crippen molar-refractivity contribution in [2.75, 3.05) is 11.5 Å². The lowest BCUT2D eigenvalue weighted by Gasteiger charge is -2.34. The summed E-state index contributed by atoms with van der Waals surface area (Å²) in [6.45, 7) is 0.196. The van der Waals surface area contributed by atoms with Crippen LogP contribution in [0.4, 0.5) is 10.5 Å². The molecule has 1 atom stereocenters. The Morgan fingerprint density at radius 2 is 2.26 bits per heavy atom. The molecule has 1 amide bonds. The molecule has 0 spiro atoms. The number of amides is 1. The number of hydrogen-bond acceptors (Lipinski definition) is 4. The number of para-hydroxylation sites is 1. The molecule has 6 heteroatoms. The standard InChI is InChI=1S/C13H12N2O4/c14-8-9-3-1-2-4-11(9)15-10(7-12(16)17)5-6-19-13(15)18/h1-4,10H,5-7H2,(H,16,17). The van der Waals surface area contributed by atoms with Gasteiger partial charge >= 0.3 is 12.1 Å². The number of carboxylic acids is 1. The number of anilines is 1. The lowest BCUT2D eigenvalue weighted by atomic mass is 10.1. The van der Waals surface area contributed by atoms with Gasteiger partial charge in [-0.3, -0.25) is 9.69 Å². The van der Waals surface area contributed by atoms with Gasteiger partial charge in [-0.15, -0.1) is 0 Å². The lowest BCUT2D eigenvalue weighted by Crippen LogP contribution is -2.47. The Morgan fingerprint density at radius 1 is 1.53 bits per heavy atom. The maximum absolute atomic E-state index is 11.9. The SMILES string of the molecule is N#Cc1ccccc1N1C(=O)OCCC1CC(=O)O. The van der Waals surface area contributed by atoms with Crippen molar-refractivity contribution in [3.63, 3.8) is 0 Å². The van der Waals surface area contributed by atoms with E-state index in [4.69, 9.17) is 15.1 Å². The quantitative estimate of drug-likeness (QED) is 0.893. The van der Waals surface area contributed by atoms with Crippen LogP contribution in [0.25, 0.3) is 0 Å². The van der Waals surface area contributed by atoms with Crippen molar-refractivity contribution < 1.29 is 19.4 Å². The molecule has 0 saturated carbocycles. The Morgan fingerprint density at radius 3 is 2.95 bits per heavy atom. The number of nitriles is 1. The summed E-state index contributed by atoms with van der Waals surface area (Å²) >= 11 is 0. The third-order valence-corrected chi connectivity index (χ3v) is 2.93. The van der Waals surface area contributed by atoms with Crippen LogP contribution in [-0.2, 0) is 9.53 Å². The highest BCUT2D eigenvalue weighted by molar-refractivity contribution is 5.91. The molecule has 1 fully saturated rings. The van der Waals surface area contributed by atoms with Gasteiger partial charge in [0, 0.05) is 6.42 Å². The van der Waals surface area contributed by atoms with Gasteiger partial charge in [0.2, 0.25) is 0 Å². The maximum atomic E-state index is 11.9. The van der Waals surface area contributed by atoms with E-state index >= 15 is 0 Å². The number of nitrogens with zero attached hydrogens (tertiary/aromatic N) is 2. The van der Waals surface area contributed by atoms with E-state index < -0.39 is 18.1 Å². The lowest BCUT2D eigenvalue weighted by molar-refractivity contribution is -0.137. The molecule has 1 N–H and O–H groups in total. The second kappa shape index (κ2) is 5.40. The van der Waals surface area contributed by atoms with Crippen molar-refractivity contribution in [2.45, 2.75) is 18.9 Å². The van der Waals surface area contributed by atoms with Gasteiger partial charge in [0.15, 0.2) is 0 Å². The second-order valence-corrected chi connectivity index (χ2v) is 4.15. The van der Waals surface area contributed by atoms with Gasteiger partial charge in [-0.1, -0.05) is 12.1 Å². The number of hydrogen-bond donors (Lipinski definition) is 1. The summed E-state index contributed by atoms with van der Waals surface area (Å²) in [6.07, 6.45) is -0.354. The number of carbonyl (C=O) groups is 2. The Balaban J connectivity index is 2.39. The monoisotopic (exact) mass is 260 g/mol. The number of carboxylic acid groups (broad SMARTS) is 1. The van der Waals surface area contributed by atoms with Crippen LogP contribution in [-0.4, -0.2) is 29.8 Å². The van der Waals surface area contributed by atoms with Crippen molar-refractivity contribution in [2.24, 2.45) is 0 Å². The van der Waals surface area contributed by atoms with Crippen LogP contribution in [0, 0.1) is 11.3 Å². The van der Waals surface area contributed by atoms with Crippen molar-refractivity contribution >= 4 is 17.7 Å². The zero-order chi connectivity index (χ0) is 13.8. The van der Waals surface area contributed by atoms with Crippen LogP contribution in [0.3, 0.4) is 0 Å². The predicted octanol–water partition coefficient (Wildman–Crippen LogP) is 1.75. The predicted molar refractivity (Wildman–Crippen MR) is 65.6 cm³/mol. The average Bonchev–Trinajstić information content (AvgIpc) is 2.38. The van der Waals surface area contributed by atoms with E-state index in [2.05, 4.69) is 0 Å². The second-order valence-electron chi connectivity index (χ2n) is 4.15. The molecule has 1 aliphatic rings. The first kappa shape index (κ1) is 12.9. The molecule has 1 aliphatic heterocycles. The topological polar surface area (TPSA) is 90.6 Å². The van der Waals surface area contributed by atoms with E-state index in [-0.39, 0.29) is 13.0 Å². The number of aliphatic carboxylic acids is 1. The highest BCUT2D eigenvalue weighted by Crippen LogP contribution is 2.27. The molecule has 6 nitrogen and oxygen atoms in total. The number of carbonyl (C=O) groups excluding carboxylic acids is 1. The van der Waals surface area contributed by atoms with Gasteiger partial charge in [-0.2, -0.15) is 5.26 Å². The van der Waals surface area contributed by atoms with Gasteiger partial charge in [0.1, 0.15) is 6.07 Å². The summed E-state index contributed by atoms with van der Waals surface area (Å²) in [5, 5.41) is 18.0. The Hall–Kier alpha value is -2.55. The third-order valence-electron chi connectivity index (χ3n) is 2.93. The van der Waals surface area contributed by atoms with Crippen LogP contribution in [0.15, 0.2) is 24.3 Å². The van der Waals surface area contributed by atoms with Crippen LogP contribution in [0.5, 0.6) is 0 Å². The largest absolute Gasteiger partial charge is 0.481 e. The molecule has 1 aromatic rings. The van der Waals surface area contributed by atoms with Gasteiger partial charge in [0.25, 0.3) is 0 Å². The minimum Gasteiger partial charge on any atom is -0.481 e. The van der Waals surface area contributed by atoms with E-state index in [1.807, 2.05) is 6.07 Å². The van der Waals surface area contributed by atoms with Crippen LogP contribution < -0.4 is 4.90 Å². The smallest absolute Gasteiger partial charge is 0.414 e. The molecule has 1 unspecified atom stereocenters. The Kier molecular flexibility index (Phi) is 3.66. The van der Waals surface area contributed by atoms with Crippen molar-refractivity contribution in [1.82, 2.24) is 0 Å². The fourth-order valence-electron chi connectivity index (χ4n) is 2.10. The van der Waals surface area contributed by atoms with E-state index in [0.29, 0.717) is 17.7 Å². The molecule has 19 heavy (non-hydrogen) atoms. The van der Waals surface area contributed by atoms with Gasteiger partial charge < -0.3 is 9.84 Å². The van der Waals surface area contributed by atoms with Crippen LogP contribution >= 0.6 is 0 Å².